The quantitative estimate of drug-likeness (QED) is 0.740. The van der Waals surface area contributed by atoms with E-state index in [1.807, 2.05) is 0 Å². The Morgan fingerprint density at radius 3 is 2.57 bits per heavy atom. The predicted molar refractivity (Wildman–Crippen MR) is 54.5 cm³/mol. The number of hydrogen-bond acceptors (Lipinski definition) is 4. The van der Waals surface area contributed by atoms with Crippen LogP contribution >= 0.6 is 0 Å². The van der Waals surface area contributed by atoms with E-state index in [4.69, 9.17) is 5.73 Å². The molecule has 1 atom stereocenters. The first-order valence-corrected chi connectivity index (χ1v) is 5.04. The molecule has 0 spiro atoms. The first-order valence-electron chi connectivity index (χ1n) is 5.04. The van der Waals surface area contributed by atoms with Gasteiger partial charge in [0.25, 0.3) is 0 Å². The highest BCUT2D eigenvalue weighted by atomic mass is 15.6. The van der Waals surface area contributed by atoms with Gasteiger partial charge in [-0.15, -0.1) is 10.2 Å². The third-order valence-corrected chi connectivity index (χ3v) is 2.16. The van der Waals surface area contributed by atoms with Crippen LogP contribution < -0.4 is 5.73 Å². The Morgan fingerprint density at radius 1 is 1.43 bits per heavy atom. The first kappa shape index (κ1) is 11.1. The second-order valence-corrected chi connectivity index (χ2v) is 4.13. The van der Waals surface area contributed by atoms with Gasteiger partial charge in [-0.1, -0.05) is 13.8 Å². The molecule has 0 aromatic carbocycles. The van der Waals surface area contributed by atoms with Crippen LogP contribution in [0, 0.1) is 11.8 Å². The Morgan fingerprint density at radius 2 is 2.14 bits per heavy atom. The van der Waals surface area contributed by atoms with Crippen LogP contribution in [0.1, 0.15) is 26.1 Å². The van der Waals surface area contributed by atoms with Crippen molar-refractivity contribution in [3.63, 3.8) is 0 Å². The molecular formula is C9H19N5. The van der Waals surface area contributed by atoms with Gasteiger partial charge in [-0.3, -0.25) is 0 Å². The third-order valence-electron chi connectivity index (χ3n) is 2.16. The molecule has 1 heterocycles. The second kappa shape index (κ2) is 5.05. The molecule has 0 aliphatic rings. The lowest BCUT2D eigenvalue weighted by Gasteiger charge is -2.14. The van der Waals surface area contributed by atoms with Crippen molar-refractivity contribution in [3.8, 4) is 0 Å². The van der Waals surface area contributed by atoms with Gasteiger partial charge in [0.1, 0.15) is 0 Å². The van der Waals surface area contributed by atoms with E-state index in [0.29, 0.717) is 18.4 Å². The van der Waals surface area contributed by atoms with Crippen LogP contribution in [0.25, 0.3) is 0 Å². The number of aryl methyl sites for hydroxylation is 1. The molecule has 1 aromatic heterocycles. The van der Waals surface area contributed by atoms with Gasteiger partial charge >= 0.3 is 0 Å². The Hall–Kier alpha value is -0.970. The number of hydrogen-bond donors (Lipinski definition) is 1. The number of rotatable bonds is 5. The zero-order valence-electron chi connectivity index (χ0n) is 9.14. The van der Waals surface area contributed by atoms with E-state index >= 15 is 0 Å². The van der Waals surface area contributed by atoms with Gasteiger partial charge in [-0.05, 0) is 30.0 Å². The van der Waals surface area contributed by atoms with Crippen LogP contribution in [-0.2, 0) is 13.5 Å². The molecule has 5 heteroatoms. The van der Waals surface area contributed by atoms with Crippen molar-refractivity contribution in [2.75, 3.05) is 6.54 Å². The van der Waals surface area contributed by atoms with Crippen LogP contribution in [0.3, 0.4) is 0 Å². The number of nitrogens with zero attached hydrogens (tertiary/aromatic N) is 4. The van der Waals surface area contributed by atoms with Gasteiger partial charge in [0.2, 0.25) is 0 Å². The number of nitrogens with two attached hydrogens (primary N) is 1. The molecule has 0 fully saturated rings. The summed E-state index contributed by atoms with van der Waals surface area (Å²) in [6, 6.07) is 0. The summed E-state index contributed by atoms with van der Waals surface area (Å²) in [4.78, 5) is 1.48. The highest BCUT2D eigenvalue weighted by Gasteiger charge is 2.12. The highest BCUT2D eigenvalue weighted by Crippen LogP contribution is 2.13. The largest absolute Gasteiger partial charge is 0.330 e. The fourth-order valence-corrected chi connectivity index (χ4v) is 1.59. The summed E-state index contributed by atoms with van der Waals surface area (Å²) in [5.41, 5.74) is 5.69. The molecular weight excluding hydrogens is 178 g/mol. The minimum Gasteiger partial charge on any atom is -0.330 e. The Balaban J connectivity index is 2.48. The summed E-state index contributed by atoms with van der Waals surface area (Å²) < 4.78 is 0. The van der Waals surface area contributed by atoms with Gasteiger partial charge in [-0.25, -0.2) is 0 Å². The van der Waals surface area contributed by atoms with Crippen molar-refractivity contribution in [2.45, 2.75) is 26.7 Å². The maximum atomic E-state index is 5.69. The van der Waals surface area contributed by atoms with Gasteiger partial charge in [0.15, 0.2) is 5.82 Å². The smallest absolute Gasteiger partial charge is 0.175 e. The van der Waals surface area contributed by atoms with Crippen molar-refractivity contribution >= 4 is 0 Å². The summed E-state index contributed by atoms with van der Waals surface area (Å²) in [5.74, 6) is 1.93. The molecule has 1 aromatic rings. The monoisotopic (exact) mass is 197 g/mol. The molecule has 0 aliphatic heterocycles. The topological polar surface area (TPSA) is 69.6 Å². The van der Waals surface area contributed by atoms with Crippen LogP contribution in [-0.4, -0.2) is 26.8 Å². The molecule has 5 nitrogen and oxygen atoms in total. The van der Waals surface area contributed by atoms with Crippen LogP contribution in [0.15, 0.2) is 0 Å². The normalized spacial score (nSPS) is 13.5. The zero-order chi connectivity index (χ0) is 10.6. The molecule has 0 bridgehead atoms. The van der Waals surface area contributed by atoms with E-state index in [1.165, 1.54) is 4.80 Å². The molecule has 0 saturated heterocycles. The van der Waals surface area contributed by atoms with E-state index in [9.17, 15) is 0 Å². The molecule has 80 valence electrons. The standard InChI is InChI=1S/C9H19N5/c1-7(2)4-8(6-10)5-9-11-13-14(3)12-9/h7-8H,4-6,10H2,1-3H3. The lowest BCUT2D eigenvalue weighted by molar-refractivity contribution is 0.408. The Labute approximate surface area is 84.7 Å². The van der Waals surface area contributed by atoms with E-state index in [0.717, 1.165) is 18.7 Å². The Kier molecular flexibility index (Phi) is 4.00. The van der Waals surface area contributed by atoms with Crippen molar-refractivity contribution in [1.29, 1.82) is 0 Å². The maximum absolute atomic E-state index is 5.69. The fraction of sp³-hybridized carbons (Fsp3) is 0.889. The summed E-state index contributed by atoms with van der Waals surface area (Å²) in [6.45, 7) is 5.09. The molecule has 2 N–H and O–H groups in total. The van der Waals surface area contributed by atoms with E-state index in [2.05, 4.69) is 29.3 Å². The molecule has 0 aliphatic carbocycles. The van der Waals surface area contributed by atoms with Crippen molar-refractivity contribution in [3.05, 3.63) is 5.82 Å². The number of aromatic nitrogens is 4. The summed E-state index contributed by atoms with van der Waals surface area (Å²) >= 11 is 0. The molecule has 1 unspecified atom stereocenters. The second-order valence-electron chi connectivity index (χ2n) is 4.13. The van der Waals surface area contributed by atoms with E-state index < -0.39 is 0 Å². The number of tetrazole rings is 1. The SMILES string of the molecule is CC(C)CC(CN)Cc1nnn(C)n1. The van der Waals surface area contributed by atoms with Gasteiger partial charge in [-0.2, -0.15) is 4.80 Å². The van der Waals surface area contributed by atoms with Gasteiger partial charge in [0.05, 0.1) is 7.05 Å². The van der Waals surface area contributed by atoms with Crippen molar-refractivity contribution < 1.29 is 0 Å². The lowest BCUT2D eigenvalue weighted by atomic mass is 9.94. The van der Waals surface area contributed by atoms with E-state index in [1.54, 1.807) is 7.05 Å². The molecule has 0 radical (unpaired) electrons. The summed E-state index contributed by atoms with van der Waals surface area (Å²) in [6.07, 6.45) is 1.96. The molecule has 0 saturated carbocycles. The average molecular weight is 197 g/mol. The maximum Gasteiger partial charge on any atom is 0.175 e. The average Bonchev–Trinajstić information content (AvgIpc) is 2.49. The summed E-state index contributed by atoms with van der Waals surface area (Å²) in [5, 5.41) is 11.9. The van der Waals surface area contributed by atoms with Crippen LogP contribution in [0.4, 0.5) is 0 Å². The molecule has 0 amide bonds. The lowest BCUT2D eigenvalue weighted by Crippen LogP contribution is -2.19. The molecule has 14 heavy (non-hydrogen) atoms. The van der Waals surface area contributed by atoms with E-state index in [-0.39, 0.29) is 0 Å². The minimum atomic E-state index is 0.471. The van der Waals surface area contributed by atoms with Crippen molar-refractivity contribution in [2.24, 2.45) is 24.6 Å². The van der Waals surface area contributed by atoms with Gasteiger partial charge < -0.3 is 5.73 Å². The fourth-order valence-electron chi connectivity index (χ4n) is 1.59. The van der Waals surface area contributed by atoms with Gasteiger partial charge in [0, 0.05) is 6.42 Å². The summed E-state index contributed by atoms with van der Waals surface area (Å²) in [7, 11) is 1.77. The zero-order valence-corrected chi connectivity index (χ0v) is 9.14. The first-order chi connectivity index (χ1) is 6.61. The Bertz CT molecular complexity index is 268. The predicted octanol–water partition coefficient (Wildman–Crippen LogP) is 0.374. The minimum absolute atomic E-state index is 0.471. The van der Waals surface area contributed by atoms with Crippen molar-refractivity contribution in [1.82, 2.24) is 20.2 Å². The van der Waals surface area contributed by atoms with Crippen LogP contribution in [0.5, 0.6) is 0 Å². The van der Waals surface area contributed by atoms with Crippen LogP contribution in [0.2, 0.25) is 0 Å². The highest BCUT2D eigenvalue weighted by molar-refractivity contribution is 4.81. The molecule has 1 rings (SSSR count). The third kappa shape index (κ3) is 3.41.